The third kappa shape index (κ3) is 13.1. The summed E-state index contributed by atoms with van der Waals surface area (Å²) in [6.45, 7) is 9.78. The van der Waals surface area contributed by atoms with Gasteiger partial charge < -0.3 is 30.5 Å². The fourth-order valence-electron chi connectivity index (χ4n) is 5.63. The number of carbonyl (C=O) groups is 3. The second kappa shape index (κ2) is 19.4. The van der Waals surface area contributed by atoms with E-state index in [1.165, 1.54) is 0 Å². The number of hydrogen-bond donors (Lipinski definition) is 4. The minimum Gasteiger partial charge on any atom is -0.445 e. The number of amides is 3. The molecule has 52 heavy (non-hydrogen) atoms. The lowest BCUT2D eigenvalue weighted by Gasteiger charge is -2.30. The summed E-state index contributed by atoms with van der Waals surface area (Å²) in [6, 6.07) is 26.0. The molecule has 11 nitrogen and oxygen atoms in total. The monoisotopic (exact) mass is 709 g/mol. The Hall–Kier alpha value is -5.29. The number of carbonyl (C=O) groups excluding carboxylic acids is 3. The number of aliphatic hydroxyl groups excluding tert-OH is 1. The Morgan fingerprint density at radius 3 is 1.96 bits per heavy atom. The van der Waals surface area contributed by atoms with Crippen molar-refractivity contribution >= 4 is 18.1 Å². The van der Waals surface area contributed by atoms with Gasteiger partial charge in [-0.25, -0.2) is 9.59 Å². The topological polar surface area (TPSA) is 152 Å². The maximum Gasteiger partial charge on any atom is 0.408 e. The van der Waals surface area contributed by atoms with Crippen LogP contribution in [0.15, 0.2) is 103 Å². The first-order chi connectivity index (χ1) is 24.9. The quantitative estimate of drug-likeness (QED) is 0.110. The summed E-state index contributed by atoms with van der Waals surface area (Å²) < 4.78 is 10.9. The highest BCUT2D eigenvalue weighted by Gasteiger charge is 2.31. The van der Waals surface area contributed by atoms with E-state index in [0.29, 0.717) is 18.5 Å². The van der Waals surface area contributed by atoms with E-state index < -0.39 is 42.3 Å². The van der Waals surface area contributed by atoms with Crippen molar-refractivity contribution in [3.05, 3.63) is 131 Å². The molecule has 0 aliphatic heterocycles. The zero-order chi connectivity index (χ0) is 37.5. The van der Waals surface area contributed by atoms with Gasteiger partial charge in [-0.1, -0.05) is 107 Å². The SMILES string of the molecule is CC(C)[C@H](NC(=O)OCc1cccc(C(C)(C)C)n1)C(=O)N[C@@H](Cc1ccccc1)[C@@H](O)C[C@H](Cc1ccccc1)NC(=O)OCc1cccnc1. The normalized spacial score (nSPS) is 13.7. The minimum absolute atomic E-state index is 0.0405. The molecule has 2 heterocycles. The number of pyridine rings is 2. The smallest absolute Gasteiger partial charge is 0.408 e. The maximum atomic E-state index is 13.8. The van der Waals surface area contributed by atoms with E-state index in [2.05, 4.69) is 46.7 Å². The van der Waals surface area contributed by atoms with Gasteiger partial charge in [0, 0.05) is 35.1 Å². The third-order valence-corrected chi connectivity index (χ3v) is 8.51. The molecule has 0 saturated heterocycles. The number of benzene rings is 2. The molecule has 0 unspecified atom stereocenters. The van der Waals surface area contributed by atoms with Crippen LogP contribution in [0.4, 0.5) is 9.59 Å². The van der Waals surface area contributed by atoms with E-state index in [4.69, 9.17) is 9.47 Å². The maximum absolute atomic E-state index is 13.8. The second-order valence-corrected chi connectivity index (χ2v) is 14.3. The summed E-state index contributed by atoms with van der Waals surface area (Å²) in [4.78, 5) is 48.4. The summed E-state index contributed by atoms with van der Waals surface area (Å²) in [5.41, 5.74) is 3.90. The summed E-state index contributed by atoms with van der Waals surface area (Å²) in [5.74, 6) is -0.769. The largest absolute Gasteiger partial charge is 0.445 e. The van der Waals surface area contributed by atoms with E-state index in [1.54, 1.807) is 24.5 Å². The van der Waals surface area contributed by atoms with Crippen LogP contribution in [0.5, 0.6) is 0 Å². The van der Waals surface area contributed by atoms with Crippen molar-refractivity contribution in [1.82, 2.24) is 25.9 Å². The number of aromatic nitrogens is 2. The third-order valence-electron chi connectivity index (χ3n) is 8.51. The minimum atomic E-state index is -1.09. The van der Waals surface area contributed by atoms with Gasteiger partial charge in [0.25, 0.3) is 0 Å². The molecule has 0 aliphatic carbocycles. The highest BCUT2D eigenvalue weighted by molar-refractivity contribution is 5.86. The Labute approximate surface area is 306 Å². The highest BCUT2D eigenvalue weighted by Crippen LogP contribution is 2.20. The fraction of sp³-hybridized carbons (Fsp3) is 0.390. The second-order valence-electron chi connectivity index (χ2n) is 14.3. The standard InChI is InChI=1S/C41H51N5O6/c1-28(2)37(46-40(50)52-27-32-19-12-20-36(43-32)41(3,4)5)38(48)45-34(23-30-16-10-7-11-17-30)35(47)24-33(22-29-14-8-6-9-15-29)44-39(49)51-26-31-18-13-21-42-25-31/h6-21,25,28,33-35,37,47H,22-24,26-27H2,1-5H3,(H,44,49)(H,45,48)(H,46,50)/t33-,34-,35-,37-/m0/s1. The average molecular weight is 710 g/mol. The molecule has 0 fully saturated rings. The van der Waals surface area contributed by atoms with Gasteiger partial charge in [0.1, 0.15) is 19.3 Å². The molecule has 0 spiro atoms. The van der Waals surface area contributed by atoms with Crippen LogP contribution < -0.4 is 16.0 Å². The van der Waals surface area contributed by atoms with Gasteiger partial charge in [-0.15, -0.1) is 0 Å². The molecule has 0 radical (unpaired) electrons. The Morgan fingerprint density at radius 2 is 1.35 bits per heavy atom. The number of alkyl carbamates (subject to hydrolysis) is 2. The zero-order valence-electron chi connectivity index (χ0n) is 30.6. The van der Waals surface area contributed by atoms with Gasteiger partial charge in [0.05, 0.1) is 17.8 Å². The highest BCUT2D eigenvalue weighted by atomic mass is 16.6. The summed E-state index contributed by atoms with van der Waals surface area (Å²) >= 11 is 0. The molecule has 2 aromatic carbocycles. The van der Waals surface area contributed by atoms with E-state index in [9.17, 15) is 19.5 Å². The molecule has 276 valence electrons. The molecule has 4 aromatic rings. The van der Waals surface area contributed by atoms with Crippen molar-refractivity contribution < 1.29 is 29.0 Å². The number of hydrogen-bond acceptors (Lipinski definition) is 8. The number of aliphatic hydroxyl groups is 1. The van der Waals surface area contributed by atoms with Crippen LogP contribution in [0.25, 0.3) is 0 Å². The van der Waals surface area contributed by atoms with Crippen LogP contribution in [0, 0.1) is 5.92 Å². The van der Waals surface area contributed by atoms with Crippen LogP contribution in [-0.2, 0) is 45.7 Å². The Kier molecular flexibility index (Phi) is 14.7. The predicted molar refractivity (Wildman–Crippen MR) is 199 cm³/mol. The lowest BCUT2D eigenvalue weighted by Crippen LogP contribution is -2.56. The Bertz CT molecular complexity index is 1700. The lowest BCUT2D eigenvalue weighted by molar-refractivity contribution is -0.125. The first-order valence-corrected chi connectivity index (χ1v) is 17.7. The van der Waals surface area contributed by atoms with Gasteiger partial charge in [-0.05, 0) is 54.5 Å². The van der Waals surface area contributed by atoms with Crippen molar-refractivity contribution in [1.29, 1.82) is 0 Å². The molecule has 0 aliphatic rings. The molecule has 11 heteroatoms. The summed E-state index contributed by atoms with van der Waals surface area (Å²) in [7, 11) is 0. The summed E-state index contributed by atoms with van der Waals surface area (Å²) in [6.07, 6.45) is 1.62. The number of nitrogens with zero attached hydrogens (tertiary/aromatic N) is 2. The van der Waals surface area contributed by atoms with Gasteiger partial charge >= 0.3 is 12.2 Å². The molecule has 0 saturated carbocycles. The van der Waals surface area contributed by atoms with Crippen molar-refractivity contribution in [3.8, 4) is 0 Å². The van der Waals surface area contributed by atoms with E-state index >= 15 is 0 Å². The number of nitrogens with one attached hydrogen (secondary N) is 3. The molecule has 4 N–H and O–H groups in total. The van der Waals surface area contributed by atoms with E-state index in [0.717, 1.165) is 22.4 Å². The van der Waals surface area contributed by atoms with Crippen LogP contribution >= 0.6 is 0 Å². The van der Waals surface area contributed by atoms with Gasteiger partial charge in [-0.3, -0.25) is 14.8 Å². The Morgan fingerprint density at radius 1 is 0.731 bits per heavy atom. The van der Waals surface area contributed by atoms with Crippen LogP contribution in [-0.4, -0.2) is 57.4 Å². The van der Waals surface area contributed by atoms with E-state index in [-0.39, 0.29) is 31.0 Å². The van der Waals surface area contributed by atoms with Gasteiger partial charge in [-0.2, -0.15) is 0 Å². The van der Waals surface area contributed by atoms with Gasteiger partial charge in [0.15, 0.2) is 0 Å². The lowest BCUT2D eigenvalue weighted by atomic mass is 9.91. The first-order valence-electron chi connectivity index (χ1n) is 17.7. The van der Waals surface area contributed by atoms with Crippen molar-refractivity contribution in [3.63, 3.8) is 0 Å². The molecule has 4 rings (SSSR count). The summed E-state index contributed by atoms with van der Waals surface area (Å²) in [5, 5.41) is 20.4. The predicted octanol–water partition coefficient (Wildman–Crippen LogP) is 6.04. The average Bonchev–Trinajstić information content (AvgIpc) is 3.12. The van der Waals surface area contributed by atoms with Crippen LogP contribution in [0.1, 0.15) is 69.1 Å². The van der Waals surface area contributed by atoms with Crippen LogP contribution in [0.3, 0.4) is 0 Å². The molecule has 0 bridgehead atoms. The fourth-order valence-corrected chi connectivity index (χ4v) is 5.63. The Balaban J connectivity index is 1.45. The molecular formula is C41H51N5O6. The van der Waals surface area contributed by atoms with E-state index in [1.807, 2.05) is 92.7 Å². The first kappa shape index (κ1) is 39.5. The zero-order valence-corrected chi connectivity index (χ0v) is 30.6. The molecule has 3 amide bonds. The van der Waals surface area contributed by atoms with Crippen molar-refractivity contribution in [2.24, 2.45) is 5.92 Å². The molecular weight excluding hydrogens is 658 g/mol. The molecule has 2 aromatic heterocycles. The van der Waals surface area contributed by atoms with Gasteiger partial charge in [0.2, 0.25) is 5.91 Å². The number of ether oxygens (including phenoxy) is 2. The van der Waals surface area contributed by atoms with Crippen molar-refractivity contribution in [2.75, 3.05) is 0 Å². The van der Waals surface area contributed by atoms with Crippen LogP contribution in [0.2, 0.25) is 0 Å². The van der Waals surface area contributed by atoms with Crippen molar-refractivity contribution in [2.45, 2.75) is 96.7 Å². The number of rotatable bonds is 16. The molecule has 4 atom stereocenters.